The van der Waals surface area contributed by atoms with Gasteiger partial charge in [0.2, 0.25) is 5.91 Å². The SMILES string of the molecule is CN(C)C(=O)C1CCN(Cc2ccccc2-c2ccccc2F)CC1. The number of carbonyl (C=O) groups excluding carboxylic acids is 1. The van der Waals surface area contributed by atoms with Crippen molar-refractivity contribution in [2.75, 3.05) is 27.2 Å². The first kappa shape index (κ1) is 17.6. The summed E-state index contributed by atoms with van der Waals surface area (Å²) in [4.78, 5) is 16.2. The highest BCUT2D eigenvalue weighted by Gasteiger charge is 2.26. The fraction of sp³-hybridized carbons (Fsp3) is 0.381. The molecule has 0 bridgehead atoms. The van der Waals surface area contributed by atoms with Crippen LogP contribution in [0.15, 0.2) is 48.5 Å². The number of piperidine rings is 1. The zero-order chi connectivity index (χ0) is 17.8. The Kier molecular flexibility index (Phi) is 5.49. The van der Waals surface area contributed by atoms with Crippen LogP contribution in [0.5, 0.6) is 0 Å². The van der Waals surface area contributed by atoms with Gasteiger partial charge in [-0.1, -0.05) is 42.5 Å². The smallest absolute Gasteiger partial charge is 0.225 e. The number of rotatable bonds is 4. The van der Waals surface area contributed by atoms with Gasteiger partial charge in [-0.25, -0.2) is 4.39 Å². The first-order valence-electron chi connectivity index (χ1n) is 8.82. The third-order valence-electron chi connectivity index (χ3n) is 4.95. The summed E-state index contributed by atoms with van der Waals surface area (Å²) in [5.41, 5.74) is 2.73. The number of benzene rings is 2. The maximum Gasteiger partial charge on any atom is 0.225 e. The molecule has 0 unspecified atom stereocenters. The summed E-state index contributed by atoms with van der Waals surface area (Å²) >= 11 is 0. The molecule has 0 spiro atoms. The van der Waals surface area contributed by atoms with Gasteiger partial charge in [-0.2, -0.15) is 0 Å². The maximum absolute atomic E-state index is 14.2. The molecule has 25 heavy (non-hydrogen) atoms. The Balaban J connectivity index is 1.71. The average molecular weight is 340 g/mol. The summed E-state index contributed by atoms with van der Waals surface area (Å²) in [6.07, 6.45) is 1.78. The summed E-state index contributed by atoms with van der Waals surface area (Å²) in [5, 5.41) is 0. The number of likely N-dealkylation sites (tertiary alicyclic amines) is 1. The predicted molar refractivity (Wildman–Crippen MR) is 98.5 cm³/mol. The van der Waals surface area contributed by atoms with Crippen LogP contribution in [0.3, 0.4) is 0 Å². The molecule has 1 aliphatic heterocycles. The monoisotopic (exact) mass is 340 g/mol. The first-order valence-corrected chi connectivity index (χ1v) is 8.82. The molecule has 1 heterocycles. The Hall–Kier alpha value is -2.20. The summed E-state index contributed by atoms with van der Waals surface area (Å²) in [6.45, 7) is 2.58. The van der Waals surface area contributed by atoms with E-state index in [1.54, 1.807) is 11.0 Å². The van der Waals surface area contributed by atoms with E-state index in [0.717, 1.165) is 43.6 Å². The molecule has 1 saturated heterocycles. The Bertz CT molecular complexity index is 736. The summed E-state index contributed by atoms with van der Waals surface area (Å²) in [6, 6.07) is 14.9. The molecule has 132 valence electrons. The largest absolute Gasteiger partial charge is 0.349 e. The molecule has 0 radical (unpaired) electrons. The topological polar surface area (TPSA) is 23.6 Å². The van der Waals surface area contributed by atoms with Crippen molar-refractivity contribution in [1.82, 2.24) is 9.80 Å². The number of hydrogen-bond donors (Lipinski definition) is 0. The molecule has 1 amide bonds. The second-order valence-corrected chi connectivity index (χ2v) is 6.92. The number of carbonyl (C=O) groups is 1. The minimum absolute atomic E-state index is 0.132. The lowest BCUT2D eigenvalue weighted by Gasteiger charge is -2.32. The molecule has 0 N–H and O–H groups in total. The van der Waals surface area contributed by atoms with Crippen molar-refractivity contribution in [2.45, 2.75) is 19.4 Å². The van der Waals surface area contributed by atoms with Gasteiger partial charge in [0.15, 0.2) is 0 Å². The number of nitrogens with zero attached hydrogens (tertiary/aromatic N) is 2. The van der Waals surface area contributed by atoms with Gasteiger partial charge in [-0.15, -0.1) is 0 Å². The molecule has 3 nitrogen and oxygen atoms in total. The zero-order valence-corrected chi connectivity index (χ0v) is 14.9. The molecule has 2 aromatic carbocycles. The van der Waals surface area contributed by atoms with Crippen LogP contribution in [0, 0.1) is 11.7 Å². The Morgan fingerprint density at radius 2 is 1.64 bits per heavy atom. The molecule has 3 rings (SSSR count). The van der Waals surface area contributed by atoms with Crippen LogP contribution in [-0.2, 0) is 11.3 Å². The number of amides is 1. The molecule has 1 aliphatic rings. The predicted octanol–water partition coefficient (Wildman–Crippen LogP) is 3.79. The Labute approximate surface area is 149 Å². The minimum Gasteiger partial charge on any atom is -0.349 e. The number of hydrogen-bond acceptors (Lipinski definition) is 2. The van der Waals surface area contributed by atoms with Crippen LogP contribution >= 0.6 is 0 Å². The van der Waals surface area contributed by atoms with Crippen molar-refractivity contribution in [2.24, 2.45) is 5.92 Å². The molecule has 0 aromatic heterocycles. The minimum atomic E-state index is -0.190. The van der Waals surface area contributed by atoms with Gasteiger partial charge in [0.1, 0.15) is 5.82 Å². The highest BCUT2D eigenvalue weighted by Crippen LogP contribution is 2.28. The van der Waals surface area contributed by atoms with E-state index in [1.165, 1.54) is 6.07 Å². The van der Waals surface area contributed by atoms with Gasteiger partial charge < -0.3 is 4.90 Å². The average Bonchev–Trinajstić information content (AvgIpc) is 2.63. The quantitative estimate of drug-likeness (QED) is 0.845. The van der Waals surface area contributed by atoms with E-state index < -0.39 is 0 Å². The Morgan fingerprint density at radius 1 is 1.04 bits per heavy atom. The van der Waals surface area contributed by atoms with Gasteiger partial charge in [0, 0.05) is 32.1 Å². The highest BCUT2D eigenvalue weighted by atomic mass is 19.1. The van der Waals surface area contributed by atoms with Gasteiger partial charge in [0.05, 0.1) is 0 Å². The van der Waals surface area contributed by atoms with Gasteiger partial charge in [0.25, 0.3) is 0 Å². The molecule has 1 fully saturated rings. The molecule has 4 heteroatoms. The third kappa shape index (κ3) is 4.07. The van der Waals surface area contributed by atoms with Crippen LogP contribution in [-0.4, -0.2) is 42.9 Å². The molecule has 0 aliphatic carbocycles. The van der Waals surface area contributed by atoms with Crippen molar-refractivity contribution < 1.29 is 9.18 Å². The second kappa shape index (κ2) is 7.79. The molecule has 0 saturated carbocycles. The van der Waals surface area contributed by atoms with E-state index in [9.17, 15) is 9.18 Å². The van der Waals surface area contributed by atoms with Crippen LogP contribution in [0.25, 0.3) is 11.1 Å². The summed E-state index contributed by atoms with van der Waals surface area (Å²) < 4.78 is 14.2. The molecule has 2 aromatic rings. The van der Waals surface area contributed by atoms with Crippen molar-refractivity contribution in [3.05, 3.63) is 59.9 Å². The lowest BCUT2D eigenvalue weighted by atomic mass is 9.94. The third-order valence-corrected chi connectivity index (χ3v) is 4.95. The van der Waals surface area contributed by atoms with Crippen LogP contribution < -0.4 is 0 Å². The van der Waals surface area contributed by atoms with Crippen LogP contribution in [0.1, 0.15) is 18.4 Å². The number of halogens is 1. The first-order chi connectivity index (χ1) is 12.1. The Morgan fingerprint density at radius 3 is 2.28 bits per heavy atom. The van der Waals surface area contributed by atoms with Gasteiger partial charge >= 0.3 is 0 Å². The molecule has 0 atom stereocenters. The van der Waals surface area contributed by atoms with E-state index in [0.29, 0.717) is 5.56 Å². The van der Waals surface area contributed by atoms with Crippen molar-refractivity contribution >= 4 is 5.91 Å². The maximum atomic E-state index is 14.2. The van der Waals surface area contributed by atoms with Crippen molar-refractivity contribution in [1.29, 1.82) is 0 Å². The van der Waals surface area contributed by atoms with Gasteiger partial charge in [-0.3, -0.25) is 9.69 Å². The fourth-order valence-electron chi connectivity index (χ4n) is 3.54. The van der Waals surface area contributed by atoms with Crippen LogP contribution in [0.4, 0.5) is 4.39 Å². The fourth-order valence-corrected chi connectivity index (χ4v) is 3.54. The van der Waals surface area contributed by atoms with Gasteiger partial charge in [-0.05, 0) is 43.1 Å². The van der Waals surface area contributed by atoms with Crippen molar-refractivity contribution in [3.63, 3.8) is 0 Å². The summed E-state index contributed by atoms with van der Waals surface area (Å²) in [7, 11) is 3.64. The standard InChI is InChI=1S/C21H25FN2O/c1-23(2)21(25)16-11-13-24(14-12-16)15-17-7-3-4-8-18(17)19-9-5-6-10-20(19)22/h3-10,16H,11-15H2,1-2H3. The second-order valence-electron chi connectivity index (χ2n) is 6.92. The highest BCUT2D eigenvalue weighted by molar-refractivity contribution is 5.78. The normalized spacial score (nSPS) is 16.0. The zero-order valence-electron chi connectivity index (χ0n) is 14.9. The summed E-state index contributed by atoms with van der Waals surface area (Å²) in [5.74, 6) is 0.171. The van der Waals surface area contributed by atoms with E-state index in [1.807, 2.05) is 44.4 Å². The lowest BCUT2D eigenvalue weighted by molar-refractivity contribution is -0.134. The lowest BCUT2D eigenvalue weighted by Crippen LogP contribution is -2.39. The van der Waals surface area contributed by atoms with E-state index >= 15 is 0 Å². The molecular formula is C21H25FN2O. The van der Waals surface area contributed by atoms with E-state index in [4.69, 9.17) is 0 Å². The van der Waals surface area contributed by atoms with Crippen LogP contribution in [0.2, 0.25) is 0 Å². The molecular weight excluding hydrogens is 315 g/mol. The van der Waals surface area contributed by atoms with E-state index in [-0.39, 0.29) is 17.6 Å². The van der Waals surface area contributed by atoms with Crippen molar-refractivity contribution in [3.8, 4) is 11.1 Å². The van der Waals surface area contributed by atoms with E-state index in [2.05, 4.69) is 11.0 Å².